The lowest BCUT2D eigenvalue weighted by Crippen LogP contribution is -2.21. The molecular formula is C16H21FN4. The fourth-order valence-electron chi connectivity index (χ4n) is 2.44. The summed E-state index contributed by atoms with van der Waals surface area (Å²) < 4.78 is 14.1. The molecule has 2 aromatic rings. The molecule has 2 rings (SSSR count). The molecule has 0 atom stereocenters. The molecule has 21 heavy (non-hydrogen) atoms. The number of hydrogen-bond donors (Lipinski definition) is 1. The topological polar surface area (TPSA) is 41.1 Å². The van der Waals surface area contributed by atoms with Gasteiger partial charge in [0.25, 0.3) is 0 Å². The van der Waals surface area contributed by atoms with Gasteiger partial charge < -0.3 is 10.2 Å². The summed E-state index contributed by atoms with van der Waals surface area (Å²) >= 11 is 0. The van der Waals surface area contributed by atoms with Crippen molar-refractivity contribution in [3.05, 3.63) is 42.0 Å². The minimum atomic E-state index is -0.244. The summed E-state index contributed by atoms with van der Waals surface area (Å²) in [4.78, 5) is 10.6. The monoisotopic (exact) mass is 288 g/mol. The first kappa shape index (κ1) is 15.2. The van der Waals surface area contributed by atoms with Crippen LogP contribution in [-0.2, 0) is 6.42 Å². The molecule has 0 unspecified atom stereocenters. The normalized spacial score (nSPS) is 10.5. The zero-order chi connectivity index (χ0) is 15.2. The van der Waals surface area contributed by atoms with Gasteiger partial charge in [-0.25, -0.2) is 14.4 Å². The number of rotatable bonds is 6. The lowest BCUT2D eigenvalue weighted by atomic mass is 10.1. The van der Waals surface area contributed by atoms with Gasteiger partial charge in [-0.1, -0.05) is 25.5 Å². The number of nitrogens with zero attached hydrogens (tertiary/aromatic N) is 3. The summed E-state index contributed by atoms with van der Waals surface area (Å²) in [6.45, 7) is 4.73. The van der Waals surface area contributed by atoms with Crippen LogP contribution in [0.15, 0.2) is 30.6 Å². The van der Waals surface area contributed by atoms with E-state index >= 15 is 0 Å². The number of benzene rings is 1. The van der Waals surface area contributed by atoms with Crippen molar-refractivity contribution < 1.29 is 4.39 Å². The molecule has 1 aromatic heterocycles. The molecule has 4 nitrogen and oxygen atoms in total. The molecule has 0 saturated carbocycles. The van der Waals surface area contributed by atoms with Gasteiger partial charge in [0.15, 0.2) is 0 Å². The van der Waals surface area contributed by atoms with Gasteiger partial charge in [-0.3, -0.25) is 0 Å². The standard InChI is InChI=1S/C16H21FN4/c1-4-8-12-15(18-3)19-11-20-16(12)21(5-2)14-10-7-6-9-13(14)17/h6-7,9-11H,4-5,8H2,1-3H3,(H,18,19,20). The van der Waals surface area contributed by atoms with E-state index in [1.165, 1.54) is 12.4 Å². The SMILES string of the molecule is CCCc1c(NC)ncnc1N(CC)c1ccccc1F. The molecule has 0 fully saturated rings. The number of anilines is 3. The molecule has 0 spiro atoms. The van der Waals surface area contributed by atoms with Crippen LogP contribution < -0.4 is 10.2 Å². The lowest BCUT2D eigenvalue weighted by molar-refractivity contribution is 0.625. The van der Waals surface area contributed by atoms with Crippen molar-refractivity contribution in [3.8, 4) is 0 Å². The van der Waals surface area contributed by atoms with Gasteiger partial charge >= 0.3 is 0 Å². The second kappa shape index (κ2) is 7.02. The van der Waals surface area contributed by atoms with Crippen LogP contribution in [0.1, 0.15) is 25.8 Å². The first-order valence-corrected chi connectivity index (χ1v) is 7.26. The molecule has 1 aromatic carbocycles. The molecule has 0 saturated heterocycles. The first-order valence-electron chi connectivity index (χ1n) is 7.26. The van der Waals surface area contributed by atoms with Crippen LogP contribution >= 0.6 is 0 Å². The van der Waals surface area contributed by atoms with E-state index < -0.39 is 0 Å². The summed E-state index contributed by atoms with van der Waals surface area (Å²) in [7, 11) is 1.84. The number of halogens is 1. The quantitative estimate of drug-likeness (QED) is 0.878. The van der Waals surface area contributed by atoms with Crippen LogP contribution in [0.5, 0.6) is 0 Å². The molecular weight excluding hydrogens is 267 g/mol. The van der Waals surface area contributed by atoms with Crippen LogP contribution in [0.2, 0.25) is 0 Å². The predicted molar refractivity (Wildman–Crippen MR) is 84.7 cm³/mol. The molecule has 1 heterocycles. The molecule has 1 N–H and O–H groups in total. The maximum atomic E-state index is 14.1. The van der Waals surface area contributed by atoms with Crippen molar-refractivity contribution in [1.29, 1.82) is 0 Å². The number of para-hydroxylation sites is 1. The highest BCUT2D eigenvalue weighted by Crippen LogP contribution is 2.31. The van der Waals surface area contributed by atoms with Crippen molar-refractivity contribution in [2.45, 2.75) is 26.7 Å². The number of nitrogens with one attached hydrogen (secondary N) is 1. The second-order valence-corrected chi connectivity index (χ2v) is 4.72. The average Bonchev–Trinajstić information content (AvgIpc) is 2.51. The van der Waals surface area contributed by atoms with E-state index in [1.807, 2.05) is 24.9 Å². The van der Waals surface area contributed by atoms with Gasteiger partial charge in [0.05, 0.1) is 5.69 Å². The van der Waals surface area contributed by atoms with E-state index in [0.717, 1.165) is 30.0 Å². The Morgan fingerprint density at radius 2 is 1.95 bits per heavy atom. The van der Waals surface area contributed by atoms with Crippen LogP contribution in [0.3, 0.4) is 0 Å². The second-order valence-electron chi connectivity index (χ2n) is 4.72. The van der Waals surface area contributed by atoms with Gasteiger partial charge in [-0.15, -0.1) is 0 Å². The average molecular weight is 288 g/mol. The van der Waals surface area contributed by atoms with Gasteiger partial charge in [0.2, 0.25) is 0 Å². The third-order valence-electron chi connectivity index (χ3n) is 3.37. The summed E-state index contributed by atoms with van der Waals surface area (Å²) in [5, 5.41) is 3.09. The maximum Gasteiger partial charge on any atom is 0.146 e. The Kier molecular flexibility index (Phi) is 5.09. The third-order valence-corrected chi connectivity index (χ3v) is 3.37. The summed E-state index contributed by atoms with van der Waals surface area (Å²) in [5.41, 5.74) is 1.56. The van der Waals surface area contributed by atoms with E-state index in [1.54, 1.807) is 12.1 Å². The van der Waals surface area contributed by atoms with Crippen LogP contribution in [0.4, 0.5) is 21.7 Å². The Labute approximate surface area is 125 Å². The Morgan fingerprint density at radius 3 is 2.57 bits per heavy atom. The summed E-state index contributed by atoms with van der Waals surface area (Å²) in [6.07, 6.45) is 3.34. The Bertz CT molecular complexity index is 601. The fourth-order valence-corrected chi connectivity index (χ4v) is 2.44. The maximum absolute atomic E-state index is 14.1. The molecule has 0 radical (unpaired) electrons. The highest BCUT2D eigenvalue weighted by atomic mass is 19.1. The highest BCUT2D eigenvalue weighted by Gasteiger charge is 2.18. The van der Waals surface area contributed by atoms with Crippen molar-refractivity contribution in [3.63, 3.8) is 0 Å². The number of hydrogen-bond acceptors (Lipinski definition) is 4. The fraction of sp³-hybridized carbons (Fsp3) is 0.375. The van der Waals surface area contributed by atoms with Gasteiger partial charge in [0, 0.05) is 19.2 Å². The van der Waals surface area contributed by atoms with Gasteiger partial charge in [0.1, 0.15) is 23.8 Å². The zero-order valence-electron chi connectivity index (χ0n) is 12.7. The minimum Gasteiger partial charge on any atom is -0.373 e. The highest BCUT2D eigenvalue weighted by molar-refractivity contribution is 5.67. The molecule has 0 amide bonds. The Morgan fingerprint density at radius 1 is 1.19 bits per heavy atom. The van der Waals surface area contributed by atoms with Crippen molar-refractivity contribution in [2.75, 3.05) is 23.8 Å². The van der Waals surface area contributed by atoms with E-state index in [9.17, 15) is 4.39 Å². The zero-order valence-corrected chi connectivity index (χ0v) is 12.7. The van der Waals surface area contributed by atoms with Crippen molar-refractivity contribution in [2.24, 2.45) is 0 Å². The molecule has 5 heteroatoms. The minimum absolute atomic E-state index is 0.244. The molecule has 0 aliphatic rings. The van der Waals surface area contributed by atoms with Crippen LogP contribution in [0.25, 0.3) is 0 Å². The Hall–Kier alpha value is -2.17. The van der Waals surface area contributed by atoms with Gasteiger partial charge in [-0.2, -0.15) is 0 Å². The third kappa shape index (κ3) is 3.12. The molecule has 0 bridgehead atoms. The van der Waals surface area contributed by atoms with Crippen LogP contribution in [0, 0.1) is 5.82 Å². The lowest BCUT2D eigenvalue weighted by Gasteiger charge is -2.25. The summed E-state index contributed by atoms with van der Waals surface area (Å²) in [5.74, 6) is 1.33. The van der Waals surface area contributed by atoms with E-state index in [-0.39, 0.29) is 5.82 Å². The largest absolute Gasteiger partial charge is 0.373 e. The molecule has 112 valence electrons. The van der Waals surface area contributed by atoms with E-state index in [0.29, 0.717) is 12.2 Å². The van der Waals surface area contributed by atoms with Crippen LogP contribution in [-0.4, -0.2) is 23.6 Å². The molecule has 0 aliphatic heterocycles. The first-order chi connectivity index (χ1) is 10.2. The Balaban J connectivity index is 2.55. The van der Waals surface area contributed by atoms with Crippen molar-refractivity contribution >= 4 is 17.3 Å². The molecule has 0 aliphatic carbocycles. The summed E-state index contributed by atoms with van der Waals surface area (Å²) in [6, 6.07) is 6.77. The van der Waals surface area contributed by atoms with Crippen molar-refractivity contribution in [1.82, 2.24) is 9.97 Å². The van der Waals surface area contributed by atoms with E-state index in [2.05, 4.69) is 22.2 Å². The smallest absolute Gasteiger partial charge is 0.146 e. The van der Waals surface area contributed by atoms with Gasteiger partial charge in [-0.05, 0) is 25.5 Å². The predicted octanol–water partition coefficient (Wildman–Crippen LogP) is 3.77. The van der Waals surface area contributed by atoms with E-state index in [4.69, 9.17) is 0 Å². The number of aromatic nitrogens is 2.